The minimum atomic E-state index is -0.270. The van der Waals surface area contributed by atoms with Crippen molar-refractivity contribution in [3.05, 3.63) is 58.5 Å². The second kappa shape index (κ2) is 5.18. The van der Waals surface area contributed by atoms with E-state index in [2.05, 4.69) is 15.4 Å². The van der Waals surface area contributed by atoms with Gasteiger partial charge < -0.3 is 5.32 Å². The number of halogens is 1. The molecule has 0 atom stereocenters. The number of aromatic nitrogens is 3. The highest BCUT2D eigenvalue weighted by atomic mass is 35.5. The fraction of sp³-hybridized carbons (Fsp3) is 0.133. The lowest BCUT2D eigenvalue weighted by Crippen LogP contribution is -2.15. The first kappa shape index (κ1) is 13.6. The Kier molecular flexibility index (Phi) is 3.35. The fourth-order valence-electron chi connectivity index (χ4n) is 2.08. The van der Waals surface area contributed by atoms with Gasteiger partial charge >= 0.3 is 0 Å². The summed E-state index contributed by atoms with van der Waals surface area (Å²) in [5, 5.41) is 7.72. The Morgan fingerprint density at radius 2 is 2.05 bits per heavy atom. The van der Waals surface area contributed by atoms with Gasteiger partial charge in [-0.1, -0.05) is 11.6 Å². The molecule has 6 heteroatoms. The fourth-order valence-corrected chi connectivity index (χ4v) is 2.30. The molecule has 106 valence electrons. The molecule has 1 aromatic carbocycles. The molecule has 3 rings (SSSR count). The first-order valence-corrected chi connectivity index (χ1v) is 6.81. The van der Waals surface area contributed by atoms with Crippen LogP contribution in [0, 0.1) is 13.8 Å². The van der Waals surface area contributed by atoms with Gasteiger partial charge in [0, 0.05) is 10.7 Å². The number of hydrogen-bond acceptors (Lipinski definition) is 3. The van der Waals surface area contributed by atoms with Gasteiger partial charge in [-0.15, -0.1) is 0 Å². The number of aryl methyl sites for hydroxylation is 2. The smallest absolute Gasteiger partial charge is 0.276 e. The van der Waals surface area contributed by atoms with Gasteiger partial charge in [-0.05, 0) is 49.7 Å². The van der Waals surface area contributed by atoms with Crippen LogP contribution in [0.2, 0.25) is 5.02 Å². The Bertz CT molecular complexity index is 841. The molecule has 0 aliphatic rings. The summed E-state index contributed by atoms with van der Waals surface area (Å²) < 4.78 is 1.60. The van der Waals surface area contributed by atoms with Crippen molar-refractivity contribution in [2.24, 2.45) is 0 Å². The van der Waals surface area contributed by atoms with Crippen molar-refractivity contribution in [3.8, 4) is 0 Å². The van der Waals surface area contributed by atoms with E-state index in [-0.39, 0.29) is 5.91 Å². The van der Waals surface area contributed by atoms with E-state index < -0.39 is 0 Å². The standard InChI is InChI=1S/C15H13ClN4O/c1-9-7-11(16)3-4-12(9)18-15(21)13-5-6-14-17-10(2)8-20(14)19-13/h3-8H,1-2H3,(H,18,21). The quantitative estimate of drug-likeness (QED) is 0.790. The molecule has 0 aliphatic heterocycles. The third-order valence-corrected chi connectivity index (χ3v) is 3.34. The number of amides is 1. The number of anilines is 1. The third-order valence-electron chi connectivity index (χ3n) is 3.11. The Balaban J connectivity index is 1.89. The van der Waals surface area contributed by atoms with Crippen molar-refractivity contribution in [1.82, 2.24) is 14.6 Å². The Morgan fingerprint density at radius 1 is 1.24 bits per heavy atom. The highest BCUT2D eigenvalue weighted by molar-refractivity contribution is 6.30. The van der Waals surface area contributed by atoms with Crippen molar-refractivity contribution in [2.45, 2.75) is 13.8 Å². The zero-order valence-corrected chi connectivity index (χ0v) is 12.3. The maximum atomic E-state index is 12.3. The van der Waals surface area contributed by atoms with Gasteiger partial charge in [0.1, 0.15) is 5.69 Å². The number of rotatable bonds is 2. The predicted octanol–water partition coefficient (Wildman–Crippen LogP) is 3.25. The molecule has 0 bridgehead atoms. The summed E-state index contributed by atoms with van der Waals surface area (Å²) in [6, 6.07) is 8.73. The second-order valence-corrected chi connectivity index (χ2v) is 5.25. The molecule has 3 aromatic rings. The summed E-state index contributed by atoms with van der Waals surface area (Å²) in [4.78, 5) is 16.5. The molecular formula is C15H13ClN4O. The normalized spacial score (nSPS) is 10.8. The maximum absolute atomic E-state index is 12.3. The SMILES string of the molecule is Cc1cn2nc(C(=O)Nc3ccc(Cl)cc3C)ccc2n1. The van der Waals surface area contributed by atoms with Crippen LogP contribution in [0.1, 0.15) is 21.7 Å². The molecule has 0 unspecified atom stereocenters. The van der Waals surface area contributed by atoms with Gasteiger partial charge in [-0.2, -0.15) is 5.10 Å². The summed E-state index contributed by atoms with van der Waals surface area (Å²) in [5.41, 5.74) is 3.51. The van der Waals surface area contributed by atoms with Crippen molar-refractivity contribution >= 4 is 28.8 Å². The topological polar surface area (TPSA) is 59.3 Å². The first-order chi connectivity index (χ1) is 10.0. The molecule has 5 nitrogen and oxygen atoms in total. The summed E-state index contributed by atoms with van der Waals surface area (Å²) in [6.45, 7) is 3.77. The van der Waals surface area contributed by atoms with Crippen molar-refractivity contribution < 1.29 is 4.79 Å². The molecule has 2 heterocycles. The van der Waals surface area contributed by atoms with E-state index in [1.54, 1.807) is 41.0 Å². The lowest BCUT2D eigenvalue weighted by Gasteiger charge is -2.08. The Labute approximate surface area is 126 Å². The van der Waals surface area contributed by atoms with Crippen LogP contribution in [0.3, 0.4) is 0 Å². The molecule has 0 saturated carbocycles. The van der Waals surface area contributed by atoms with Crippen LogP contribution < -0.4 is 5.32 Å². The highest BCUT2D eigenvalue weighted by Gasteiger charge is 2.11. The number of benzene rings is 1. The summed E-state index contributed by atoms with van der Waals surface area (Å²) >= 11 is 5.90. The maximum Gasteiger partial charge on any atom is 0.276 e. The van der Waals surface area contributed by atoms with E-state index in [1.807, 2.05) is 13.8 Å². The zero-order chi connectivity index (χ0) is 15.0. The van der Waals surface area contributed by atoms with Crippen LogP contribution in [0.4, 0.5) is 5.69 Å². The number of hydrogen-bond donors (Lipinski definition) is 1. The average Bonchev–Trinajstić information content (AvgIpc) is 2.80. The molecule has 0 radical (unpaired) electrons. The average molecular weight is 301 g/mol. The van der Waals surface area contributed by atoms with Gasteiger partial charge in [0.2, 0.25) is 0 Å². The van der Waals surface area contributed by atoms with Gasteiger partial charge in [0.05, 0.1) is 11.9 Å². The van der Waals surface area contributed by atoms with E-state index in [0.29, 0.717) is 22.1 Å². The Morgan fingerprint density at radius 3 is 2.81 bits per heavy atom. The molecule has 1 N–H and O–H groups in total. The summed E-state index contributed by atoms with van der Waals surface area (Å²) in [5.74, 6) is -0.270. The van der Waals surface area contributed by atoms with Crippen LogP contribution in [0.5, 0.6) is 0 Å². The highest BCUT2D eigenvalue weighted by Crippen LogP contribution is 2.20. The number of fused-ring (bicyclic) bond motifs is 1. The van der Waals surface area contributed by atoms with E-state index in [9.17, 15) is 4.79 Å². The van der Waals surface area contributed by atoms with Gasteiger partial charge in [0.25, 0.3) is 5.91 Å². The minimum absolute atomic E-state index is 0.270. The number of nitrogens with zero attached hydrogens (tertiary/aromatic N) is 3. The summed E-state index contributed by atoms with van der Waals surface area (Å²) in [6.07, 6.45) is 1.78. The second-order valence-electron chi connectivity index (χ2n) is 4.82. The molecule has 0 aliphatic carbocycles. The third kappa shape index (κ3) is 2.73. The summed E-state index contributed by atoms with van der Waals surface area (Å²) in [7, 11) is 0. The monoisotopic (exact) mass is 300 g/mol. The van der Waals surface area contributed by atoms with Gasteiger partial charge in [-0.3, -0.25) is 4.79 Å². The van der Waals surface area contributed by atoms with Gasteiger partial charge in [-0.25, -0.2) is 9.50 Å². The molecule has 21 heavy (non-hydrogen) atoms. The predicted molar refractivity (Wildman–Crippen MR) is 81.9 cm³/mol. The number of carbonyl (C=O) groups excluding carboxylic acids is 1. The largest absolute Gasteiger partial charge is 0.320 e. The number of imidazole rings is 1. The number of nitrogens with one attached hydrogen (secondary N) is 1. The van der Waals surface area contributed by atoms with Crippen molar-refractivity contribution in [2.75, 3.05) is 5.32 Å². The minimum Gasteiger partial charge on any atom is -0.320 e. The lowest BCUT2D eigenvalue weighted by atomic mass is 10.2. The molecule has 0 saturated heterocycles. The molecule has 1 amide bonds. The van der Waals surface area contributed by atoms with Crippen LogP contribution in [-0.4, -0.2) is 20.5 Å². The van der Waals surface area contributed by atoms with Crippen LogP contribution in [-0.2, 0) is 0 Å². The van der Waals surface area contributed by atoms with Gasteiger partial charge in [0.15, 0.2) is 5.65 Å². The zero-order valence-electron chi connectivity index (χ0n) is 11.6. The van der Waals surface area contributed by atoms with Crippen LogP contribution in [0.15, 0.2) is 36.5 Å². The Hall–Kier alpha value is -2.40. The van der Waals surface area contributed by atoms with Crippen LogP contribution >= 0.6 is 11.6 Å². The first-order valence-electron chi connectivity index (χ1n) is 6.43. The van der Waals surface area contributed by atoms with E-state index in [4.69, 9.17) is 11.6 Å². The molecular weight excluding hydrogens is 288 g/mol. The molecule has 0 fully saturated rings. The van der Waals surface area contributed by atoms with Crippen molar-refractivity contribution in [1.29, 1.82) is 0 Å². The van der Waals surface area contributed by atoms with E-state index in [1.165, 1.54) is 0 Å². The van der Waals surface area contributed by atoms with Crippen molar-refractivity contribution in [3.63, 3.8) is 0 Å². The number of carbonyl (C=O) groups is 1. The molecule has 2 aromatic heterocycles. The van der Waals surface area contributed by atoms with E-state index >= 15 is 0 Å². The van der Waals surface area contributed by atoms with Crippen LogP contribution in [0.25, 0.3) is 5.65 Å². The lowest BCUT2D eigenvalue weighted by molar-refractivity contribution is 0.102. The molecule has 0 spiro atoms. The van der Waals surface area contributed by atoms with E-state index in [0.717, 1.165) is 11.3 Å².